The fraction of sp³-hybridized carbons (Fsp3) is 0.259. The maximum Gasteiger partial charge on any atom is 0.180 e. The van der Waals surface area contributed by atoms with Crippen molar-refractivity contribution in [2.45, 2.75) is 43.4 Å². The Morgan fingerprint density at radius 3 is 2.23 bits per heavy atom. The SMILES string of the molecule is C1=C(c2ccccc2)NN2[C@H]1c1ccccc1OC21CCC(c2ccccc2)CC1. The molecule has 0 radical (unpaired) electrons. The summed E-state index contributed by atoms with van der Waals surface area (Å²) in [6, 6.07) is 30.3. The summed E-state index contributed by atoms with van der Waals surface area (Å²) in [5.74, 6) is 1.64. The van der Waals surface area contributed by atoms with Crippen molar-refractivity contribution in [1.29, 1.82) is 0 Å². The number of hydrogen-bond acceptors (Lipinski definition) is 3. The predicted octanol–water partition coefficient (Wildman–Crippen LogP) is 6.04. The van der Waals surface area contributed by atoms with Crippen LogP contribution in [0, 0.1) is 0 Å². The zero-order valence-corrected chi connectivity index (χ0v) is 17.0. The molecule has 3 aromatic rings. The predicted molar refractivity (Wildman–Crippen MR) is 120 cm³/mol. The van der Waals surface area contributed by atoms with Gasteiger partial charge in [0.1, 0.15) is 5.75 Å². The Hall–Kier alpha value is -3.04. The largest absolute Gasteiger partial charge is 0.471 e. The number of ether oxygens (including phenoxy) is 1. The summed E-state index contributed by atoms with van der Waals surface area (Å²) in [6.07, 6.45) is 6.66. The van der Waals surface area contributed by atoms with Crippen LogP contribution in [0.5, 0.6) is 5.75 Å². The zero-order chi connectivity index (χ0) is 20.0. The van der Waals surface area contributed by atoms with E-state index in [0.29, 0.717) is 5.92 Å². The molecule has 3 aromatic carbocycles. The van der Waals surface area contributed by atoms with Gasteiger partial charge in [-0.1, -0.05) is 78.9 Å². The number of nitrogens with zero attached hydrogens (tertiary/aromatic N) is 1. The summed E-state index contributed by atoms with van der Waals surface area (Å²) in [5, 5.41) is 2.39. The van der Waals surface area contributed by atoms with E-state index in [1.165, 1.54) is 22.4 Å². The standard InChI is InChI=1S/C27H26N2O/c1-3-9-20(10-4-1)21-15-17-27(18-16-21)29-25(23-13-7-8-14-26(23)30-27)19-24(28-29)22-11-5-2-6-12-22/h1-14,19,21,25,28H,15-18H2/t21?,25-,27?/m1/s1. The number of nitrogens with one attached hydrogen (secondary N) is 1. The van der Waals surface area contributed by atoms with E-state index in [1.807, 2.05) is 0 Å². The van der Waals surface area contributed by atoms with E-state index >= 15 is 0 Å². The lowest BCUT2D eigenvalue weighted by atomic mass is 9.78. The lowest BCUT2D eigenvalue weighted by Gasteiger charge is -2.51. The molecule has 1 N–H and O–H groups in total. The number of hydrogen-bond donors (Lipinski definition) is 1. The second-order valence-electron chi connectivity index (χ2n) is 8.64. The molecule has 0 unspecified atom stereocenters. The van der Waals surface area contributed by atoms with Crippen molar-refractivity contribution in [3.63, 3.8) is 0 Å². The maximum absolute atomic E-state index is 6.77. The molecule has 0 bridgehead atoms. The molecule has 1 spiro atoms. The van der Waals surface area contributed by atoms with Gasteiger partial charge in [0.15, 0.2) is 5.72 Å². The van der Waals surface area contributed by atoms with Crippen LogP contribution in [0.3, 0.4) is 0 Å². The minimum atomic E-state index is -0.308. The minimum absolute atomic E-state index is 0.193. The third-order valence-corrected chi connectivity index (χ3v) is 6.94. The second kappa shape index (κ2) is 7.03. The highest BCUT2D eigenvalue weighted by Crippen LogP contribution is 2.51. The lowest BCUT2D eigenvalue weighted by Crippen LogP contribution is -2.60. The van der Waals surface area contributed by atoms with E-state index in [2.05, 4.69) is 101 Å². The second-order valence-corrected chi connectivity index (χ2v) is 8.64. The molecule has 1 atom stereocenters. The molecule has 1 aliphatic carbocycles. The number of fused-ring (bicyclic) bond motifs is 4. The van der Waals surface area contributed by atoms with Gasteiger partial charge in [-0.2, -0.15) is 5.01 Å². The Morgan fingerprint density at radius 2 is 1.47 bits per heavy atom. The van der Waals surface area contributed by atoms with Gasteiger partial charge in [-0.3, -0.25) is 0 Å². The molecule has 6 rings (SSSR count). The van der Waals surface area contributed by atoms with Gasteiger partial charge in [0, 0.05) is 18.4 Å². The first kappa shape index (κ1) is 17.8. The summed E-state index contributed by atoms with van der Waals surface area (Å²) >= 11 is 0. The average Bonchev–Trinajstić information content (AvgIpc) is 3.28. The maximum atomic E-state index is 6.77. The lowest BCUT2D eigenvalue weighted by molar-refractivity contribution is -0.152. The highest BCUT2D eigenvalue weighted by Gasteiger charge is 2.51. The fourth-order valence-electron chi connectivity index (χ4n) is 5.37. The van der Waals surface area contributed by atoms with Crippen molar-refractivity contribution in [2.24, 2.45) is 0 Å². The molecule has 3 heteroatoms. The van der Waals surface area contributed by atoms with Crippen LogP contribution in [-0.2, 0) is 0 Å². The van der Waals surface area contributed by atoms with Crippen molar-refractivity contribution in [1.82, 2.24) is 10.4 Å². The molecular weight excluding hydrogens is 368 g/mol. The third kappa shape index (κ3) is 2.85. The monoisotopic (exact) mass is 394 g/mol. The molecule has 2 heterocycles. The van der Waals surface area contributed by atoms with Gasteiger partial charge in [0.25, 0.3) is 0 Å². The normalized spacial score (nSPS) is 27.5. The van der Waals surface area contributed by atoms with Crippen molar-refractivity contribution in [3.05, 3.63) is 108 Å². The number of benzene rings is 3. The van der Waals surface area contributed by atoms with Crippen LogP contribution < -0.4 is 10.2 Å². The third-order valence-electron chi connectivity index (χ3n) is 6.94. The van der Waals surface area contributed by atoms with E-state index in [-0.39, 0.29) is 11.8 Å². The quantitative estimate of drug-likeness (QED) is 0.574. The van der Waals surface area contributed by atoms with Gasteiger partial charge in [-0.15, -0.1) is 0 Å². The average molecular weight is 395 g/mol. The van der Waals surface area contributed by atoms with E-state index < -0.39 is 0 Å². The van der Waals surface area contributed by atoms with Crippen molar-refractivity contribution >= 4 is 5.70 Å². The summed E-state index contributed by atoms with van der Waals surface area (Å²) < 4.78 is 6.77. The van der Waals surface area contributed by atoms with Crippen molar-refractivity contribution in [3.8, 4) is 5.75 Å². The van der Waals surface area contributed by atoms with Gasteiger partial charge in [-0.25, -0.2) is 0 Å². The number of para-hydroxylation sites is 1. The molecule has 0 saturated heterocycles. The van der Waals surface area contributed by atoms with Crippen LogP contribution in [-0.4, -0.2) is 10.7 Å². The van der Waals surface area contributed by atoms with E-state index in [9.17, 15) is 0 Å². The summed E-state index contributed by atoms with van der Waals surface area (Å²) in [7, 11) is 0. The van der Waals surface area contributed by atoms with Gasteiger partial charge in [-0.05, 0) is 42.0 Å². The Bertz CT molecular complexity index is 1070. The van der Waals surface area contributed by atoms with E-state index in [0.717, 1.165) is 31.4 Å². The van der Waals surface area contributed by atoms with Crippen LogP contribution in [0.2, 0.25) is 0 Å². The molecule has 150 valence electrons. The molecular formula is C27H26N2O. The minimum Gasteiger partial charge on any atom is -0.471 e. The Labute approximate surface area is 178 Å². The molecule has 1 fully saturated rings. The molecule has 30 heavy (non-hydrogen) atoms. The van der Waals surface area contributed by atoms with E-state index in [4.69, 9.17) is 4.74 Å². The zero-order valence-electron chi connectivity index (χ0n) is 17.0. The molecule has 3 aliphatic rings. The topological polar surface area (TPSA) is 24.5 Å². The van der Waals surface area contributed by atoms with Gasteiger partial charge >= 0.3 is 0 Å². The Kier molecular flexibility index (Phi) is 4.17. The fourth-order valence-corrected chi connectivity index (χ4v) is 5.37. The van der Waals surface area contributed by atoms with Crippen LogP contribution in [0.4, 0.5) is 0 Å². The molecule has 0 aromatic heterocycles. The number of hydrazine groups is 1. The Balaban J connectivity index is 1.34. The summed E-state index contributed by atoms with van der Waals surface area (Å²) in [6.45, 7) is 0. The van der Waals surface area contributed by atoms with Crippen LogP contribution in [0.15, 0.2) is 91.0 Å². The van der Waals surface area contributed by atoms with E-state index in [1.54, 1.807) is 0 Å². The molecule has 3 nitrogen and oxygen atoms in total. The molecule has 0 amide bonds. The van der Waals surface area contributed by atoms with Gasteiger partial charge in [0.05, 0.1) is 11.7 Å². The van der Waals surface area contributed by atoms with Crippen LogP contribution in [0.1, 0.15) is 54.3 Å². The van der Waals surface area contributed by atoms with Gasteiger partial charge in [0.2, 0.25) is 0 Å². The smallest absolute Gasteiger partial charge is 0.180 e. The van der Waals surface area contributed by atoms with Crippen LogP contribution >= 0.6 is 0 Å². The first-order valence-corrected chi connectivity index (χ1v) is 11.0. The van der Waals surface area contributed by atoms with Crippen molar-refractivity contribution in [2.75, 3.05) is 0 Å². The first-order chi connectivity index (χ1) is 14.8. The number of rotatable bonds is 2. The first-order valence-electron chi connectivity index (χ1n) is 11.0. The van der Waals surface area contributed by atoms with Gasteiger partial charge < -0.3 is 10.2 Å². The Morgan fingerprint density at radius 1 is 0.800 bits per heavy atom. The summed E-state index contributed by atoms with van der Waals surface area (Å²) in [4.78, 5) is 0. The van der Waals surface area contributed by atoms with Crippen molar-refractivity contribution < 1.29 is 4.74 Å². The molecule has 2 aliphatic heterocycles. The molecule has 1 saturated carbocycles. The summed E-state index contributed by atoms with van der Waals surface area (Å²) in [5.41, 5.74) is 8.52. The highest BCUT2D eigenvalue weighted by molar-refractivity contribution is 5.67. The van der Waals surface area contributed by atoms with Crippen LogP contribution in [0.25, 0.3) is 5.70 Å². The highest BCUT2D eigenvalue weighted by atomic mass is 16.5.